The van der Waals surface area contributed by atoms with Crippen molar-refractivity contribution in [1.82, 2.24) is 4.98 Å². The van der Waals surface area contributed by atoms with Crippen molar-refractivity contribution in [3.8, 4) is 5.75 Å². The zero-order chi connectivity index (χ0) is 12.3. The molecule has 0 aliphatic carbocycles. The van der Waals surface area contributed by atoms with Crippen molar-refractivity contribution in [2.24, 2.45) is 5.73 Å². The van der Waals surface area contributed by atoms with Gasteiger partial charge in [-0.15, -0.1) is 13.2 Å². The molecule has 0 unspecified atom stereocenters. The molecule has 16 heavy (non-hydrogen) atoms. The molecule has 0 aliphatic rings. The van der Waals surface area contributed by atoms with E-state index in [9.17, 15) is 13.2 Å². The van der Waals surface area contributed by atoms with Crippen LogP contribution in [0.25, 0.3) is 0 Å². The minimum Gasteiger partial charge on any atom is -0.404 e. The molecule has 5 nitrogen and oxygen atoms in total. The lowest BCUT2D eigenvalue weighted by Crippen LogP contribution is -2.19. The lowest BCUT2D eigenvalue weighted by Gasteiger charge is -2.13. The zero-order valence-corrected chi connectivity index (χ0v) is 8.08. The minimum atomic E-state index is -4.86. The molecule has 1 aromatic rings. The third kappa shape index (κ3) is 2.97. The first-order chi connectivity index (χ1) is 7.37. The number of aliphatic hydroxyl groups excluding tert-OH is 1. The lowest BCUT2D eigenvalue weighted by atomic mass is 10.2. The fourth-order valence-electron chi connectivity index (χ4n) is 1.08. The van der Waals surface area contributed by atoms with Gasteiger partial charge in [0.15, 0.2) is 5.75 Å². The van der Waals surface area contributed by atoms with Gasteiger partial charge in [-0.25, -0.2) is 4.98 Å². The predicted octanol–water partition coefficient (Wildman–Crippen LogP) is 0.513. The van der Waals surface area contributed by atoms with Gasteiger partial charge >= 0.3 is 6.36 Å². The van der Waals surface area contributed by atoms with Gasteiger partial charge in [0, 0.05) is 12.6 Å². The highest BCUT2D eigenvalue weighted by molar-refractivity contribution is 5.49. The van der Waals surface area contributed by atoms with E-state index in [1.165, 1.54) is 0 Å². The van der Waals surface area contributed by atoms with Gasteiger partial charge < -0.3 is 21.3 Å². The Labute approximate surface area is 88.8 Å². The highest BCUT2D eigenvalue weighted by Crippen LogP contribution is 2.28. The van der Waals surface area contributed by atoms with E-state index in [2.05, 4.69) is 9.72 Å². The van der Waals surface area contributed by atoms with Crippen LogP contribution >= 0.6 is 0 Å². The molecule has 0 bridgehead atoms. The second-order valence-corrected chi connectivity index (χ2v) is 2.88. The Hall–Kier alpha value is -1.54. The highest BCUT2D eigenvalue weighted by atomic mass is 19.4. The summed E-state index contributed by atoms with van der Waals surface area (Å²) in [6, 6.07) is 0.939. The van der Waals surface area contributed by atoms with E-state index in [1.54, 1.807) is 0 Å². The van der Waals surface area contributed by atoms with Crippen molar-refractivity contribution in [2.75, 3.05) is 5.73 Å². The number of rotatable bonds is 3. The number of nitrogen functional groups attached to an aromatic ring is 1. The Kier molecular flexibility index (Phi) is 3.55. The maximum Gasteiger partial charge on any atom is 0.573 e. The quantitative estimate of drug-likeness (QED) is 0.712. The maximum absolute atomic E-state index is 12.0. The second kappa shape index (κ2) is 4.54. The first kappa shape index (κ1) is 12.5. The fourth-order valence-corrected chi connectivity index (χ4v) is 1.08. The van der Waals surface area contributed by atoms with Gasteiger partial charge in [0.25, 0.3) is 0 Å². The summed E-state index contributed by atoms with van der Waals surface area (Å²) in [5.74, 6) is -0.621. The van der Waals surface area contributed by atoms with E-state index in [-0.39, 0.29) is 23.6 Å². The molecule has 1 aromatic heterocycles. The molecule has 0 fully saturated rings. The van der Waals surface area contributed by atoms with Crippen molar-refractivity contribution in [3.63, 3.8) is 0 Å². The normalized spacial score (nSPS) is 11.6. The number of hydrogen-bond donors (Lipinski definition) is 3. The van der Waals surface area contributed by atoms with Crippen LogP contribution in [0.1, 0.15) is 11.4 Å². The average molecular weight is 237 g/mol. The molecule has 1 heterocycles. The number of nitrogens with zero attached hydrogens (tertiary/aromatic N) is 1. The molecular formula is C8H10F3N3O2. The van der Waals surface area contributed by atoms with Gasteiger partial charge in [-0.1, -0.05) is 0 Å². The van der Waals surface area contributed by atoms with E-state index >= 15 is 0 Å². The van der Waals surface area contributed by atoms with E-state index in [1.807, 2.05) is 0 Å². The monoisotopic (exact) mass is 237 g/mol. The van der Waals surface area contributed by atoms with Gasteiger partial charge in [-0.3, -0.25) is 0 Å². The summed E-state index contributed by atoms with van der Waals surface area (Å²) >= 11 is 0. The summed E-state index contributed by atoms with van der Waals surface area (Å²) in [5, 5.41) is 8.83. The molecule has 0 atom stereocenters. The topological polar surface area (TPSA) is 94.4 Å². The Morgan fingerprint density at radius 1 is 1.38 bits per heavy atom. The minimum absolute atomic E-state index is 0.0149. The van der Waals surface area contributed by atoms with Crippen molar-refractivity contribution < 1.29 is 23.0 Å². The lowest BCUT2D eigenvalue weighted by molar-refractivity contribution is -0.275. The molecule has 5 N–H and O–H groups in total. The summed E-state index contributed by atoms with van der Waals surface area (Å²) in [5.41, 5.74) is 10.6. The van der Waals surface area contributed by atoms with Crippen LogP contribution < -0.4 is 16.2 Å². The van der Waals surface area contributed by atoms with Gasteiger partial charge in [0.05, 0.1) is 18.0 Å². The van der Waals surface area contributed by atoms with E-state index < -0.39 is 18.7 Å². The summed E-state index contributed by atoms with van der Waals surface area (Å²) in [7, 11) is 0. The summed E-state index contributed by atoms with van der Waals surface area (Å²) in [4.78, 5) is 3.67. The number of aliphatic hydroxyl groups is 1. The molecule has 90 valence electrons. The number of aromatic nitrogens is 1. The maximum atomic E-state index is 12.0. The van der Waals surface area contributed by atoms with Crippen LogP contribution in [0.5, 0.6) is 5.75 Å². The zero-order valence-electron chi connectivity index (χ0n) is 8.08. The number of alkyl halides is 3. The van der Waals surface area contributed by atoms with Crippen molar-refractivity contribution >= 4 is 5.69 Å². The molecule has 0 saturated heterocycles. The van der Waals surface area contributed by atoms with Crippen LogP contribution in [0.15, 0.2) is 6.07 Å². The molecule has 1 rings (SSSR count). The molecule has 0 aliphatic heterocycles. The van der Waals surface area contributed by atoms with Crippen molar-refractivity contribution in [2.45, 2.75) is 19.5 Å². The number of anilines is 1. The first-order valence-electron chi connectivity index (χ1n) is 4.22. The largest absolute Gasteiger partial charge is 0.573 e. The third-order valence-electron chi connectivity index (χ3n) is 1.74. The van der Waals surface area contributed by atoms with Crippen LogP contribution in [0.2, 0.25) is 0 Å². The Balaban J connectivity index is 3.13. The Bertz CT molecular complexity index is 382. The van der Waals surface area contributed by atoms with Gasteiger partial charge in [0.2, 0.25) is 0 Å². The fraction of sp³-hybridized carbons (Fsp3) is 0.375. The van der Waals surface area contributed by atoms with E-state index in [0.717, 1.165) is 6.07 Å². The molecular weight excluding hydrogens is 227 g/mol. The van der Waals surface area contributed by atoms with Crippen LogP contribution in [0.3, 0.4) is 0 Å². The summed E-state index contributed by atoms with van der Waals surface area (Å²) < 4.78 is 39.6. The Morgan fingerprint density at radius 3 is 2.44 bits per heavy atom. The highest BCUT2D eigenvalue weighted by Gasteiger charge is 2.32. The van der Waals surface area contributed by atoms with Gasteiger partial charge in [-0.05, 0) is 0 Å². The van der Waals surface area contributed by atoms with E-state index in [0.29, 0.717) is 0 Å². The van der Waals surface area contributed by atoms with Crippen LogP contribution in [0, 0.1) is 0 Å². The second-order valence-electron chi connectivity index (χ2n) is 2.88. The molecule has 0 amide bonds. The molecule has 0 spiro atoms. The molecule has 8 heteroatoms. The number of halogens is 3. The molecule has 0 saturated carbocycles. The molecule has 0 radical (unpaired) electrons. The van der Waals surface area contributed by atoms with Crippen LogP contribution in [0.4, 0.5) is 18.9 Å². The third-order valence-corrected chi connectivity index (χ3v) is 1.74. The van der Waals surface area contributed by atoms with Crippen LogP contribution in [-0.4, -0.2) is 16.5 Å². The standard InChI is InChI=1S/C8H10F3N3O2/c9-8(10,11)16-7-1-4(13)5(2-12)14-6(7)3-15/h1,15H,2-3,12-13H2. The molecule has 0 aromatic carbocycles. The van der Waals surface area contributed by atoms with Gasteiger partial charge in [0.1, 0.15) is 5.69 Å². The number of pyridine rings is 1. The first-order valence-corrected chi connectivity index (χ1v) is 4.22. The Morgan fingerprint density at radius 2 is 2.00 bits per heavy atom. The number of nitrogens with two attached hydrogens (primary N) is 2. The van der Waals surface area contributed by atoms with E-state index in [4.69, 9.17) is 16.6 Å². The summed E-state index contributed by atoms with van der Waals surface area (Å²) in [6.07, 6.45) is -4.86. The SMILES string of the molecule is NCc1nc(CO)c(OC(F)(F)F)cc1N. The predicted molar refractivity (Wildman–Crippen MR) is 49.1 cm³/mol. The average Bonchev–Trinajstić information content (AvgIpc) is 2.16. The smallest absolute Gasteiger partial charge is 0.404 e. The number of ether oxygens (including phenoxy) is 1. The van der Waals surface area contributed by atoms with Crippen molar-refractivity contribution in [1.29, 1.82) is 0 Å². The summed E-state index contributed by atoms with van der Waals surface area (Å²) in [6.45, 7) is -0.732. The number of hydrogen-bond acceptors (Lipinski definition) is 5. The van der Waals surface area contributed by atoms with Crippen LogP contribution in [-0.2, 0) is 13.2 Å². The van der Waals surface area contributed by atoms with Gasteiger partial charge in [-0.2, -0.15) is 0 Å². The van der Waals surface area contributed by atoms with Crippen molar-refractivity contribution in [3.05, 3.63) is 17.5 Å².